The summed E-state index contributed by atoms with van der Waals surface area (Å²) >= 11 is 5.88. The number of aromatic nitrogens is 3. The summed E-state index contributed by atoms with van der Waals surface area (Å²) in [6.45, 7) is 5.72. The van der Waals surface area contributed by atoms with E-state index in [2.05, 4.69) is 45.0 Å². The van der Waals surface area contributed by atoms with Gasteiger partial charge < -0.3 is 4.98 Å². The third-order valence-corrected chi connectivity index (χ3v) is 5.23. The molecule has 3 heterocycles. The molecule has 1 N–H and O–H groups in total. The first kappa shape index (κ1) is 17.4. The van der Waals surface area contributed by atoms with Crippen LogP contribution in [0.25, 0.3) is 10.9 Å². The van der Waals surface area contributed by atoms with Crippen molar-refractivity contribution in [1.29, 1.82) is 0 Å². The van der Waals surface area contributed by atoms with Crippen molar-refractivity contribution >= 4 is 22.5 Å². The number of alkyl halides is 1. The molecule has 1 aliphatic rings. The van der Waals surface area contributed by atoms with Crippen LogP contribution in [0.3, 0.4) is 0 Å². The van der Waals surface area contributed by atoms with Crippen molar-refractivity contribution in [2.75, 3.05) is 6.54 Å². The van der Waals surface area contributed by atoms with Crippen molar-refractivity contribution in [2.24, 2.45) is 0 Å². The number of hydrogen-bond acceptors (Lipinski definition) is 3. The van der Waals surface area contributed by atoms with Gasteiger partial charge in [0.1, 0.15) is 5.67 Å². The summed E-state index contributed by atoms with van der Waals surface area (Å²) in [6.07, 6.45) is 4.36. The molecule has 4 rings (SSSR count). The van der Waals surface area contributed by atoms with Crippen LogP contribution in [0.4, 0.5) is 4.39 Å². The third-order valence-electron chi connectivity index (χ3n) is 5.03. The Morgan fingerprint density at radius 2 is 1.96 bits per heavy atom. The van der Waals surface area contributed by atoms with Crippen molar-refractivity contribution in [2.45, 2.75) is 44.9 Å². The zero-order chi connectivity index (χ0) is 18.5. The van der Waals surface area contributed by atoms with Gasteiger partial charge in [0.15, 0.2) is 0 Å². The molecule has 0 bridgehead atoms. The lowest BCUT2D eigenvalue weighted by molar-refractivity contribution is 0.0665. The lowest BCUT2D eigenvalue weighted by Crippen LogP contribution is -2.47. The van der Waals surface area contributed by atoms with E-state index >= 15 is 0 Å². The van der Waals surface area contributed by atoms with Crippen LogP contribution in [0.15, 0.2) is 36.7 Å². The predicted molar refractivity (Wildman–Crippen MR) is 102 cm³/mol. The number of aromatic amines is 1. The SMILES string of the molecule is CC1Cc2c([nH]c3ccccc23)[C@@H](c2cnc(Cl)nc2)N1CC(C)(C)F. The molecule has 6 heteroatoms. The van der Waals surface area contributed by atoms with Gasteiger partial charge >= 0.3 is 0 Å². The van der Waals surface area contributed by atoms with E-state index in [0.717, 1.165) is 23.2 Å². The highest BCUT2D eigenvalue weighted by atomic mass is 35.5. The monoisotopic (exact) mass is 372 g/mol. The molecule has 3 aromatic rings. The van der Waals surface area contributed by atoms with Crippen LogP contribution in [0.5, 0.6) is 0 Å². The van der Waals surface area contributed by atoms with Crippen LogP contribution in [0.1, 0.15) is 43.6 Å². The topological polar surface area (TPSA) is 44.8 Å². The van der Waals surface area contributed by atoms with Gasteiger partial charge in [0, 0.05) is 47.1 Å². The molecule has 0 saturated carbocycles. The average molecular weight is 373 g/mol. The van der Waals surface area contributed by atoms with Gasteiger partial charge in [0.2, 0.25) is 5.28 Å². The lowest BCUT2D eigenvalue weighted by atomic mass is 9.88. The summed E-state index contributed by atoms with van der Waals surface area (Å²) in [5, 5.41) is 1.44. The molecule has 2 atom stereocenters. The molecule has 0 spiro atoms. The van der Waals surface area contributed by atoms with E-state index in [1.807, 2.05) is 6.07 Å². The summed E-state index contributed by atoms with van der Waals surface area (Å²) < 4.78 is 14.6. The fourth-order valence-corrected chi connectivity index (χ4v) is 4.11. The Morgan fingerprint density at radius 3 is 2.65 bits per heavy atom. The zero-order valence-electron chi connectivity index (χ0n) is 15.1. The standard InChI is InChI=1S/C20H22ClFN4/c1-12-8-15-14-6-4-5-7-16(14)25-17(15)18(26(12)11-20(2,3)22)13-9-23-19(21)24-10-13/h4-7,9-10,12,18,25H,8,11H2,1-3H3/t12?,18-/m1/s1. The summed E-state index contributed by atoms with van der Waals surface area (Å²) in [6, 6.07) is 8.36. The Morgan fingerprint density at radius 1 is 1.27 bits per heavy atom. The summed E-state index contributed by atoms with van der Waals surface area (Å²) in [5.74, 6) is 0. The van der Waals surface area contributed by atoms with Crippen LogP contribution >= 0.6 is 11.6 Å². The maximum atomic E-state index is 14.6. The van der Waals surface area contributed by atoms with E-state index in [9.17, 15) is 4.39 Å². The van der Waals surface area contributed by atoms with E-state index < -0.39 is 5.67 Å². The van der Waals surface area contributed by atoms with Crippen LogP contribution in [0.2, 0.25) is 5.28 Å². The largest absolute Gasteiger partial charge is 0.357 e. The Labute approximate surface area is 157 Å². The minimum absolute atomic E-state index is 0.131. The smallest absolute Gasteiger partial charge is 0.222 e. The number of fused-ring (bicyclic) bond motifs is 3. The molecular formula is C20H22ClFN4. The molecule has 136 valence electrons. The number of benzene rings is 1. The maximum absolute atomic E-state index is 14.6. The van der Waals surface area contributed by atoms with Gasteiger partial charge in [-0.3, -0.25) is 4.90 Å². The number of rotatable bonds is 3. The predicted octanol–water partition coefficient (Wildman–Crippen LogP) is 4.70. The quantitative estimate of drug-likeness (QED) is 0.678. The second-order valence-corrected chi connectivity index (χ2v) is 8.03. The molecule has 2 aromatic heterocycles. The van der Waals surface area contributed by atoms with Gasteiger partial charge in [-0.15, -0.1) is 0 Å². The number of para-hydroxylation sites is 1. The first-order valence-electron chi connectivity index (χ1n) is 8.85. The minimum Gasteiger partial charge on any atom is -0.357 e. The van der Waals surface area contributed by atoms with Crippen molar-refractivity contribution in [3.63, 3.8) is 0 Å². The average Bonchev–Trinajstić information content (AvgIpc) is 2.94. The summed E-state index contributed by atoms with van der Waals surface area (Å²) in [7, 11) is 0. The van der Waals surface area contributed by atoms with E-state index in [4.69, 9.17) is 11.6 Å². The zero-order valence-corrected chi connectivity index (χ0v) is 15.9. The van der Waals surface area contributed by atoms with Gasteiger partial charge in [0.25, 0.3) is 0 Å². The normalized spacial score (nSPS) is 21.1. The molecular weight excluding hydrogens is 351 g/mol. The summed E-state index contributed by atoms with van der Waals surface area (Å²) in [4.78, 5) is 14.1. The van der Waals surface area contributed by atoms with Crippen LogP contribution in [-0.2, 0) is 6.42 Å². The number of hydrogen-bond donors (Lipinski definition) is 1. The molecule has 1 unspecified atom stereocenters. The fourth-order valence-electron chi connectivity index (χ4n) is 4.01. The third kappa shape index (κ3) is 3.10. The Hall–Kier alpha value is -1.98. The van der Waals surface area contributed by atoms with Crippen LogP contribution in [-0.4, -0.2) is 38.1 Å². The Balaban J connectivity index is 1.90. The molecule has 4 nitrogen and oxygen atoms in total. The second kappa shape index (κ2) is 6.32. The molecule has 0 fully saturated rings. The van der Waals surface area contributed by atoms with Crippen LogP contribution in [0, 0.1) is 0 Å². The molecule has 1 aromatic carbocycles. The number of nitrogens with zero attached hydrogens (tertiary/aromatic N) is 3. The molecule has 1 aliphatic heterocycles. The molecule has 0 aliphatic carbocycles. The molecule has 0 radical (unpaired) electrons. The van der Waals surface area contributed by atoms with Gasteiger partial charge in [-0.1, -0.05) is 18.2 Å². The van der Waals surface area contributed by atoms with Gasteiger partial charge in [0.05, 0.1) is 6.04 Å². The highest BCUT2D eigenvalue weighted by Crippen LogP contribution is 2.41. The van der Waals surface area contributed by atoms with Gasteiger partial charge in [-0.2, -0.15) is 0 Å². The highest BCUT2D eigenvalue weighted by Gasteiger charge is 2.38. The minimum atomic E-state index is -1.30. The van der Waals surface area contributed by atoms with Crippen molar-refractivity contribution < 1.29 is 4.39 Å². The molecule has 0 amide bonds. The van der Waals surface area contributed by atoms with Gasteiger partial charge in [-0.25, -0.2) is 14.4 Å². The van der Waals surface area contributed by atoms with Crippen LogP contribution < -0.4 is 0 Å². The lowest BCUT2D eigenvalue weighted by Gasteiger charge is -2.42. The van der Waals surface area contributed by atoms with Crippen molar-refractivity contribution in [3.8, 4) is 0 Å². The van der Waals surface area contributed by atoms with E-state index in [0.29, 0.717) is 6.54 Å². The maximum Gasteiger partial charge on any atom is 0.222 e. The van der Waals surface area contributed by atoms with E-state index in [-0.39, 0.29) is 17.4 Å². The molecule has 26 heavy (non-hydrogen) atoms. The Bertz CT molecular complexity index is 929. The van der Waals surface area contributed by atoms with Crippen molar-refractivity contribution in [1.82, 2.24) is 19.9 Å². The van der Waals surface area contributed by atoms with E-state index in [1.165, 1.54) is 10.9 Å². The fraction of sp³-hybridized carbons (Fsp3) is 0.400. The highest BCUT2D eigenvalue weighted by molar-refractivity contribution is 6.28. The number of halogens is 2. The van der Waals surface area contributed by atoms with Gasteiger partial charge in [-0.05, 0) is 50.4 Å². The Kier molecular flexibility index (Phi) is 4.24. The first-order chi connectivity index (χ1) is 12.3. The van der Waals surface area contributed by atoms with E-state index in [1.54, 1.807) is 26.2 Å². The number of nitrogens with one attached hydrogen (secondary N) is 1. The van der Waals surface area contributed by atoms with Crippen molar-refractivity contribution in [3.05, 3.63) is 58.8 Å². The molecule has 0 saturated heterocycles. The second-order valence-electron chi connectivity index (χ2n) is 7.69. The number of H-pyrrole nitrogens is 1. The summed E-state index contributed by atoms with van der Waals surface area (Å²) in [5.41, 5.74) is 3.10. The first-order valence-corrected chi connectivity index (χ1v) is 9.23.